The summed E-state index contributed by atoms with van der Waals surface area (Å²) in [6.45, 7) is 0. The lowest BCUT2D eigenvalue weighted by Crippen LogP contribution is -2.19. The summed E-state index contributed by atoms with van der Waals surface area (Å²) in [6, 6.07) is 33.6. The summed E-state index contributed by atoms with van der Waals surface area (Å²) in [4.78, 5) is 37.8. The van der Waals surface area contributed by atoms with Crippen molar-refractivity contribution >= 4 is 51.3 Å². The first kappa shape index (κ1) is 28.3. The third-order valence-electron chi connectivity index (χ3n) is 6.23. The lowest BCUT2D eigenvalue weighted by atomic mass is 10.1. The van der Waals surface area contributed by atoms with Crippen molar-refractivity contribution in [2.24, 2.45) is 0 Å². The number of anilines is 2. The van der Waals surface area contributed by atoms with Crippen LogP contribution < -0.4 is 10.6 Å². The standard InChI is InChI=1S/C32H22N4O4S2/c33-19-27-28(21-9-3-1-4-10-21)20-41-32(27)35-31(38)29(22-11-5-2-6-12-22)42-26-16-8-14-24(18-26)34-30(37)23-13-7-15-25(17-23)36(39)40/h1-18,20,29H,(H,34,37)(H,35,38). The average molecular weight is 591 g/mol. The van der Waals surface area contributed by atoms with Gasteiger partial charge in [0.05, 0.1) is 10.5 Å². The molecule has 2 amide bonds. The van der Waals surface area contributed by atoms with E-state index in [0.29, 0.717) is 21.1 Å². The van der Waals surface area contributed by atoms with Crippen LogP contribution in [0.25, 0.3) is 11.1 Å². The van der Waals surface area contributed by atoms with E-state index in [-0.39, 0.29) is 17.2 Å². The van der Waals surface area contributed by atoms with E-state index < -0.39 is 16.1 Å². The predicted octanol–water partition coefficient (Wildman–Crippen LogP) is 7.92. The highest BCUT2D eigenvalue weighted by Crippen LogP contribution is 2.40. The molecule has 2 N–H and O–H groups in total. The Kier molecular flexibility index (Phi) is 8.72. The first-order chi connectivity index (χ1) is 20.4. The second-order valence-electron chi connectivity index (χ2n) is 9.02. The molecule has 0 radical (unpaired) electrons. The van der Waals surface area contributed by atoms with Gasteiger partial charge in [-0.2, -0.15) is 5.26 Å². The highest BCUT2D eigenvalue weighted by Gasteiger charge is 2.25. The van der Waals surface area contributed by atoms with Gasteiger partial charge < -0.3 is 10.6 Å². The Morgan fingerprint density at radius 2 is 1.60 bits per heavy atom. The largest absolute Gasteiger partial charge is 0.322 e. The number of carbonyl (C=O) groups is 2. The monoisotopic (exact) mass is 590 g/mol. The number of nitriles is 1. The van der Waals surface area contributed by atoms with Crippen molar-refractivity contribution in [2.75, 3.05) is 10.6 Å². The van der Waals surface area contributed by atoms with Gasteiger partial charge in [-0.3, -0.25) is 19.7 Å². The molecule has 206 valence electrons. The molecule has 1 atom stereocenters. The van der Waals surface area contributed by atoms with E-state index in [4.69, 9.17) is 0 Å². The highest BCUT2D eigenvalue weighted by molar-refractivity contribution is 8.00. The van der Waals surface area contributed by atoms with Gasteiger partial charge in [0.15, 0.2) is 0 Å². The van der Waals surface area contributed by atoms with Crippen LogP contribution in [0.2, 0.25) is 0 Å². The molecule has 8 nitrogen and oxygen atoms in total. The molecule has 10 heteroatoms. The lowest BCUT2D eigenvalue weighted by molar-refractivity contribution is -0.384. The van der Waals surface area contributed by atoms with Gasteiger partial charge in [-0.15, -0.1) is 23.1 Å². The van der Waals surface area contributed by atoms with E-state index in [1.165, 1.54) is 47.4 Å². The van der Waals surface area contributed by atoms with Crippen molar-refractivity contribution in [3.8, 4) is 17.2 Å². The number of rotatable bonds is 9. The second kappa shape index (κ2) is 13.0. The van der Waals surface area contributed by atoms with Gasteiger partial charge in [0, 0.05) is 39.2 Å². The molecular weight excluding hydrogens is 569 g/mol. The first-order valence-corrected chi connectivity index (χ1v) is 14.4. The molecule has 4 aromatic carbocycles. The summed E-state index contributed by atoms with van der Waals surface area (Å²) in [5, 5.41) is 28.4. The molecule has 5 rings (SSSR count). The van der Waals surface area contributed by atoms with Gasteiger partial charge >= 0.3 is 0 Å². The molecule has 0 fully saturated rings. The van der Waals surface area contributed by atoms with Crippen molar-refractivity contribution in [1.82, 2.24) is 0 Å². The number of benzene rings is 4. The minimum atomic E-state index is -0.664. The van der Waals surface area contributed by atoms with Crippen LogP contribution in [0, 0.1) is 21.4 Å². The summed E-state index contributed by atoms with van der Waals surface area (Å²) < 4.78 is 0. The molecule has 1 unspecified atom stereocenters. The molecule has 0 aliphatic heterocycles. The zero-order chi connectivity index (χ0) is 29.5. The van der Waals surface area contributed by atoms with Gasteiger partial charge in [-0.05, 0) is 35.4 Å². The van der Waals surface area contributed by atoms with Gasteiger partial charge in [-0.25, -0.2) is 0 Å². The van der Waals surface area contributed by atoms with Crippen molar-refractivity contribution < 1.29 is 14.5 Å². The number of thioether (sulfide) groups is 1. The summed E-state index contributed by atoms with van der Waals surface area (Å²) >= 11 is 2.60. The number of nitro groups is 1. The molecule has 1 aromatic heterocycles. The van der Waals surface area contributed by atoms with Crippen LogP contribution in [0.1, 0.15) is 26.7 Å². The van der Waals surface area contributed by atoms with E-state index >= 15 is 0 Å². The van der Waals surface area contributed by atoms with Crippen LogP contribution in [0.4, 0.5) is 16.4 Å². The van der Waals surface area contributed by atoms with Crippen molar-refractivity contribution in [3.05, 3.63) is 141 Å². The molecule has 0 saturated carbocycles. The number of amides is 2. The van der Waals surface area contributed by atoms with Crippen LogP contribution in [0.5, 0.6) is 0 Å². The van der Waals surface area contributed by atoms with Gasteiger partial charge in [0.25, 0.3) is 11.6 Å². The Morgan fingerprint density at radius 3 is 2.31 bits per heavy atom. The molecule has 5 aromatic rings. The molecule has 0 aliphatic rings. The van der Waals surface area contributed by atoms with E-state index in [0.717, 1.165) is 16.7 Å². The average Bonchev–Trinajstić information content (AvgIpc) is 3.43. The minimum absolute atomic E-state index is 0.155. The van der Waals surface area contributed by atoms with Crippen LogP contribution in [0.15, 0.2) is 119 Å². The molecule has 0 saturated heterocycles. The van der Waals surface area contributed by atoms with E-state index in [1.807, 2.05) is 72.1 Å². The van der Waals surface area contributed by atoms with E-state index in [2.05, 4.69) is 16.7 Å². The van der Waals surface area contributed by atoms with Crippen LogP contribution in [-0.4, -0.2) is 16.7 Å². The van der Waals surface area contributed by atoms with Gasteiger partial charge in [-0.1, -0.05) is 72.8 Å². The summed E-state index contributed by atoms with van der Waals surface area (Å²) in [7, 11) is 0. The number of carbonyl (C=O) groups excluding carboxylic acids is 2. The number of non-ortho nitro benzene ring substituents is 1. The summed E-state index contributed by atoms with van der Waals surface area (Å²) in [5.74, 6) is -0.788. The van der Waals surface area contributed by atoms with Crippen LogP contribution in [-0.2, 0) is 4.79 Å². The van der Waals surface area contributed by atoms with E-state index in [1.54, 1.807) is 18.2 Å². The first-order valence-electron chi connectivity index (χ1n) is 12.7. The number of nitro benzene ring substituents is 1. The number of hydrogen-bond acceptors (Lipinski definition) is 7. The van der Waals surface area contributed by atoms with Gasteiger partial charge in [0.1, 0.15) is 16.3 Å². The van der Waals surface area contributed by atoms with Gasteiger partial charge in [0.2, 0.25) is 5.91 Å². The number of nitrogens with zero attached hydrogens (tertiary/aromatic N) is 2. The molecule has 0 spiro atoms. The SMILES string of the molecule is N#Cc1c(-c2ccccc2)csc1NC(=O)C(Sc1cccc(NC(=O)c2cccc([N+](=O)[O-])c2)c1)c1ccccc1. The topological polar surface area (TPSA) is 125 Å². The van der Waals surface area contributed by atoms with Crippen LogP contribution >= 0.6 is 23.1 Å². The maximum Gasteiger partial charge on any atom is 0.270 e. The molecular formula is C32H22N4O4S2. The van der Waals surface area contributed by atoms with E-state index in [9.17, 15) is 25.0 Å². The number of nitrogens with one attached hydrogen (secondary N) is 2. The molecule has 42 heavy (non-hydrogen) atoms. The predicted molar refractivity (Wildman–Crippen MR) is 166 cm³/mol. The fourth-order valence-corrected chi connectivity index (χ4v) is 6.22. The van der Waals surface area contributed by atoms with Crippen molar-refractivity contribution in [3.63, 3.8) is 0 Å². The molecule has 0 aliphatic carbocycles. The second-order valence-corrected chi connectivity index (χ2v) is 11.1. The van der Waals surface area contributed by atoms with Crippen molar-refractivity contribution in [1.29, 1.82) is 5.26 Å². The summed E-state index contributed by atoms with van der Waals surface area (Å²) in [6.07, 6.45) is 0. The Bertz CT molecular complexity index is 1800. The fraction of sp³-hybridized carbons (Fsp3) is 0.0312. The lowest BCUT2D eigenvalue weighted by Gasteiger charge is -2.17. The Hall–Kier alpha value is -5.24. The number of hydrogen-bond donors (Lipinski definition) is 2. The smallest absolute Gasteiger partial charge is 0.270 e. The Morgan fingerprint density at radius 1 is 0.881 bits per heavy atom. The third-order valence-corrected chi connectivity index (χ3v) is 8.37. The molecule has 0 bridgehead atoms. The zero-order valence-electron chi connectivity index (χ0n) is 21.9. The Balaban J connectivity index is 1.37. The summed E-state index contributed by atoms with van der Waals surface area (Å²) in [5.41, 5.74) is 3.28. The number of thiophene rings is 1. The maximum absolute atomic E-state index is 13.7. The zero-order valence-corrected chi connectivity index (χ0v) is 23.5. The highest BCUT2D eigenvalue weighted by atomic mass is 32.2. The Labute approximate surface area is 249 Å². The maximum atomic E-state index is 13.7. The molecule has 1 heterocycles. The fourth-order valence-electron chi connectivity index (χ4n) is 4.22. The minimum Gasteiger partial charge on any atom is -0.322 e. The van der Waals surface area contributed by atoms with Crippen LogP contribution in [0.3, 0.4) is 0 Å². The van der Waals surface area contributed by atoms with Crippen molar-refractivity contribution in [2.45, 2.75) is 10.1 Å². The third kappa shape index (κ3) is 6.55. The normalized spacial score (nSPS) is 11.2. The quantitative estimate of drug-likeness (QED) is 0.102.